The molecule has 0 spiro atoms. The number of ether oxygens (including phenoxy) is 4. The molecule has 3 saturated heterocycles. The van der Waals surface area contributed by atoms with E-state index in [2.05, 4.69) is 15.3 Å². The SMILES string of the molecule is CC1(COc2cc3ncnc(Nc4ccc(F)c(Cl)c4)c3cc2CC(=O)/C(F)=C\CN2C[C@@H]3OCCO[C@H]3C2)COC1. The minimum atomic E-state index is -0.819. The van der Waals surface area contributed by atoms with Gasteiger partial charge in [0.1, 0.15) is 23.7 Å². The Morgan fingerprint density at radius 3 is 2.64 bits per heavy atom. The number of carbonyl (C=O) groups is 1. The summed E-state index contributed by atoms with van der Waals surface area (Å²) in [6, 6.07) is 7.68. The van der Waals surface area contributed by atoms with Crippen molar-refractivity contribution in [3.63, 3.8) is 0 Å². The van der Waals surface area contributed by atoms with Gasteiger partial charge in [-0.15, -0.1) is 0 Å². The van der Waals surface area contributed by atoms with Crippen molar-refractivity contribution in [2.45, 2.75) is 25.6 Å². The zero-order valence-corrected chi connectivity index (χ0v) is 23.8. The molecule has 3 aliphatic rings. The maximum absolute atomic E-state index is 15.1. The molecular formula is C30H31ClF2N4O5. The second kappa shape index (κ2) is 12.2. The van der Waals surface area contributed by atoms with Crippen LogP contribution in [-0.4, -0.2) is 85.5 Å². The number of fused-ring (bicyclic) bond motifs is 2. The van der Waals surface area contributed by atoms with Crippen LogP contribution in [0.4, 0.5) is 20.3 Å². The fourth-order valence-corrected chi connectivity index (χ4v) is 5.45. The number of nitrogens with one attached hydrogen (secondary N) is 1. The summed E-state index contributed by atoms with van der Waals surface area (Å²) < 4.78 is 51.7. The molecule has 0 saturated carbocycles. The summed E-state index contributed by atoms with van der Waals surface area (Å²) in [6.45, 7) is 6.19. The van der Waals surface area contributed by atoms with Gasteiger partial charge in [0.25, 0.3) is 0 Å². The molecule has 0 aliphatic carbocycles. The van der Waals surface area contributed by atoms with Crippen LogP contribution < -0.4 is 10.1 Å². The van der Waals surface area contributed by atoms with Gasteiger partial charge in [0.15, 0.2) is 11.6 Å². The number of likely N-dealkylation sites (tertiary alicyclic amines) is 1. The van der Waals surface area contributed by atoms with E-state index in [0.717, 1.165) is 0 Å². The predicted octanol–water partition coefficient (Wildman–Crippen LogP) is 4.65. The van der Waals surface area contributed by atoms with Crippen LogP contribution in [-0.2, 0) is 25.4 Å². The van der Waals surface area contributed by atoms with E-state index >= 15 is 4.39 Å². The van der Waals surface area contributed by atoms with Crippen LogP contribution in [0.2, 0.25) is 5.02 Å². The average Bonchev–Trinajstić information content (AvgIpc) is 3.39. The Morgan fingerprint density at radius 1 is 1.19 bits per heavy atom. The van der Waals surface area contributed by atoms with Crippen LogP contribution >= 0.6 is 11.6 Å². The van der Waals surface area contributed by atoms with Crippen molar-refractivity contribution in [2.24, 2.45) is 5.41 Å². The number of halogens is 3. The normalized spacial score (nSPS) is 22.0. The average molecular weight is 601 g/mol. The number of Topliss-reactive ketones (excluding diaryl/α,β-unsaturated/α-hetero) is 1. The lowest BCUT2D eigenvalue weighted by molar-refractivity contribution is -0.120. The molecule has 0 amide bonds. The number of benzene rings is 2. The van der Waals surface area contributed by atoms with Crippen molar-refractivity contribution < 1.29 is 32.5 Å². The van der Waals surface area contributed by atoms with E-state index in [4.69, 9.17) is 30.5 Å². The largest absolute Gasteiger partial charge is 0.492 e. The van der Waals surface area contributed by atoms with Crippen LogP contribution in [0.15, 0.2) is 48.6 Å². The number of anilines is 2. The molecule has 0 unspecified atom stereocenters. The van der Waals surface area contributed by atoms with Crippen molar-refractivity contribution in [1.29, 1.82) is 0 Å². The first kappa shape index (κ1) is 28.9. The first-order chi connectivity index (χ1) is 20.3. The van der Waals surface area contributed by atoms with Gasteiger partial charge in [-0.1, -0.05) is 18.5 Å². The lowest BCUT2D eigenvalue weighted by Crippen LogP contribution is -2.44. The van der Waals surface area contributed by atoms with Crippen molar-refractivity contribution in [2.75, 3.05) is 58.0 Å². The number of rotatable bonds is 10. The lowest BCUT2D eigenvalue weighted by Gasteiger charge is -2.37. The minimum absolute atomic E-state index is 0.0258. The van der Waals surface area contributed by atoms with Crippen LogP contribution in [0.5, 0.6) is 5.75 Å². The molecular weight excluding hydrogens is 570 g/mol. The Labute approximate surface area is 246 Å². The van der Waals surface area contributed by atoms with E-state index in [1.807, 2.05) is 11.8 Å². The van der Waals surface area contributed by atoms with E-state index in [0.29, 0.717) is 79.8 Å². The molecule has 3 aliphatic heterocycles. The molecule has 1 N–H and O–H groups in total. The van der Waals surface area contributed by atoms with E-state index in [1.165, 1.54) is 30.6 Å². The Bertz CT molecular complexity index is 1500. The molecule has 0 bridgehead atoms. The van der Waals surface area contributed by atoms with Crippen molar-refractivity contribution in [3.8, 4) is 5.75 Å². The zero-order valence-electron chi connectivity index (χ0n) is 23.1. The van der Waals surface area contributed by atoms with Crippen molar-refractivity contribution in [3.05, 3.63) is 65.0 Å². The summed E-state index contributed by atoms with van der Waals surface area (Å²) in [7, 11) is 0. The monoisotopic (exact) mass is 600 g/mol. The molecule has 1 aromatic heterocycles. The summed E-state index contributed by atoms with van der Waals surface area (Å²) in [5.74, 6) is -1.18. The third-order valence-corrected chi connectivity index (χ3v) is 7.95. The Balaban J connectivity index is 1.24. The molecule has 9 nitrogen and oxygen atoms in total. The van der Waals surface area contributed by atoms with E-state index in [9.17, 15) is 9.18 Å². The summed E-state index contributed by atoms with van der Waals surface area (Å²) in [6.07, 6.45) is 2.42. The molecule has 2 aromatic carbocycles. The second-order valence-electron chi connectivity index (χ2n) is 11.2. The first-order valence-electron chi connectivity index (χ1n) is 13.8. The van der Waals surface area contributed by atoms with E-state index < -0.39 is 17.4 Å². The minimum Gasteiger partial charge on any atom is -0.492 e. The number of carbonyl (C=O) groups excluding carboxylic acids is 1. The Hall–Kier alpha value is -3.22. The highest BCUT2D eigenvalue weighted by Gasteiger charge is 2.36. The quantitative estimate of drug-likeness (QED) is 0.334. The topological polar surface area (TPSA) is 95.0 Å². The number of ketones is 1. The van der Waals surface area contributed by atoms with Gasteiger partial charge in [0.05, 0.1) is 55.8 Å². The summed E-state index contributed by atoms with van der Waals surface area (Å²) in [5, 5.41) is 3.67. The molecule has 6 rings (SSSR count). The smallest absolute Gasteiger partial charge is 0.195 e. The molecule has 2 atom stereocenters. The summed E-state index contributed by atoms with van der Waals surface area (Å²) >= 11 is 5.95. The second-order valence-corrected chi connectivity index (χ2v) is 11.6. The highest BCUT2D eigenvalue weighted by atomic mass is 35.5. The number of hydrogen-bond donors (Lipinski definition) is 1. The van der Waals surface area contributed by atoms with Gasteiger partial charge in [-0.3, -0.25) is 9.69 Å². The molecule has 3 fully saturated rings. The predicted molar refractivity (Wildman–Crippen MR) is 152 cm³/mol. The molecule has 222 valence electrons. The molecule has 0 radical (unpaired) electrons. The summed E-state index contributed by atoms with van der Waals surface area (Å²) in [4.78, 5) is 23.8. The lowest BCUT2D eigenvalue weighted by atomic mass is 9.90. The van der Waals surface area contributed by atoms with Gasteiger partial charge in [-0.2, -0.15) is 0 Å². The van der Waals surface area contributed by atoms with Crippen LogP contribution in [0.3, 0.4) is 0 Å². The van der Waals surface area contributed by atoms with Gasteiger partial charge in [0, 0.05) is 54.2 Å². The van der Waals surface area contributed by atoms with Gasteiger partial charge in [0.2, 0.25) is 0 Å². The first-order valence-corrected chi connectivity index (χ1v) is 14.2. The zero-order chi connectivity index (χ0) is 29.3. The molecule has 12 heteroatoms. The van der Waals surface area contributed by atoms with Crippen LogP contribution in [0.1, 0.15) is 12.5 Å². The Morgan fingerprint density at radius 2 is 1.95 bits per heavy atom. The maximum Gasteiger partial charge on any atom is 0.195 e. The number of allylic oxidation sites excluding steroid dienone is 1. The van der Waals surface area contributed by atoms with Crippen molar-refractivity contribution >= 4 is 39.8 Å². The molecule has 3 aromatic rings. The molecule has 42 heavy (non-hydrogen) atoms. The van der Waals surface area contributed by atoms with Gasteiger partial charge < -0.3 is 24.3 Å². The standard InChI is InChI=1S/C30H31ClF2N4O5/c1-30(14-39-15-30)16-42-26-11-24-20(29(35-17-34-24)36-19-2-3-22(32)21(31)10-19)8-18(26)9-25(38)23(33)4-5-37-12-27-28(13-37)41-7-6-40-27/h2-4,8,10-11,17,27-28H,5-7,9,12-16H2,1H3,(H,34,35,36)/b23-4+/t27-,28-/m0/s1. The van der Waals surface area contributed by atoms with Crippen LogP contribution in [0, 0.1) is 11.2 Å². The number of nitrogens with zero attached hydrogens (tertiary/aromatic N) is 3. The number of aromatic nitrogens is 2. The van der Waals surface area contributed by atoms with E-state index in [1.54, 1.807) is 12.1 Å². The maximum atomic E-state index is 15.1. The van der Waals surface area contributed by atoms with Crippen LogP contribution in [0.25, 0.3) is 10.9 Å². The van der Waals surface area contributed by atoms with Crippen molar-refractivity contribution in [1.82, 2.24) is 14.9 Å². The van der Waals surface area contributed by atoms with Gasteiger partial charge in [-0.05, 0) is 30.3 Å². The fraction of sp³-hybridized carbons (Fsp3) is 0.433. The fourth-order valence-electron chi connectivity index (χ4n) is 5.26. The van der Waals surface area contributed by atoms with E-state index in [-0.39, 0.29) is 35.6 Å². The third kappa shape index (κ3) is 6.40. The van der Waals surface area contributed by atoms with Gasteiger partial charge in [-0.25, -0.2) is 18.7 Å². The molecule has 4 heterocycles. The summed E-state index contributed by atoms with van der Waals surface area (Å²) in [5.41, 5.74) is 1.41. The third-order valence-electron chi connectivity index (χ3n) is 7.66. The highest BCUT2D eigenvalue weighted by molar-refractivity contribution is 6.31. The highest BCUT2D eigenvalue weighted by Crippen LogP contribution is 2.34. The van der Waals surface area contributed by atoms with Gasteiger partial charge >= 0.3 is 0 Å². The number of hydrogen-bond acceptors (Lipinski definition) is 9. The Kier molecular flexibility index (Phi) is 8.37.